The molecule has 0 aromatic heterocycles. The van der Waals surface area contributed by atoms with Gasteiger partial charge in [0, 0.05) is 5.41 Å². The van der Waals surface area contributed by atoms with Crippen LogP contribution in [0.2, 0.25) is 0 Å². The second-order valence-corrected chi connectivity index (χ2v) is 5.56. The monoisotopic (exact) mass is 265 g/mol. The molecule has 0 unspecified atom stereocenters. The maximum Gasteiger partial charge on any atom is 0.0236 e. The van der Waals surface area contributed by atoms with Crippen LogP contribution in [-0.2, 0) is 5.41 Å². The summed E-state index contributed by atoms with van der Waals surface area (Å²) >= 11 is 0. The van der Waals surface area contributed by atoms with Crippen LogP contribution < -0.4 is 0 Å². The summed E-state index contributed by atoms with van der Waals surface area (Å²) in [6, 6.07) is 21.8. The average Bonchev–Trinajstić information content (AvgIpc) is 2.53. The maximum absolute atomic E-state index is 2.38. The molecule has 0 atom stereocenters. The quantitative estimate of drug-likeness (QED) is 0.621. The van der Waals surface area contributed by atoms with Gasteiger partial charge in [-0.05, 0) is 29.9 Å². The third-order valence-electron chi connectivity index (χ3n) is 4.39. The topological polar surface area (TPSA) is 0 Å². The Morgan fingerprint density at radius 1 is 0.800 bits per heavy atom. The van der Waals surface area contributed by atoms with E-state index in [9.17, 15) is 0 Å². The number of hydrogen-bond donors (Lipinski definition) is 0. The van der Waals surface area contributed by atoms with Crippen molar-refractivity contribution in [2.24, 2.45) is 0 Å². The Bertz CT molecular complexity index is 459. The molecule has 0 saturated carbocycles. The van der Waals surface area contributed by atoms with Gasteiger partial charge >= 0.3 is 0 Å². The van der Waals surface area contributed by atoms with E-state index in [1.807, 2.05) is 0 Å². The Balaban J connectivity index is 2.54. The van der Waals surface area contributed by atoms with Gasteiger partial charge in [-0.25, -0.2) is 0 Å². The van der Waals surface area contributed by atoms with Crippen LogP contribution in [-0.4, -0.2) is 0 Å². The molecule has 0 N–H and O–H groups in total. The van der Waals surface area contributed by atoms with Crippen LogP contribution in [0.3, 0.4) is 0 Å². The first-order valence-electron chi connectivity index (χ1n) is 7.69. The minimum Gasteiger partial charge on any atom is -0.0654 e. The highest BCUT2D eigenvalue weighted by Gasteiger charge is 2.36. The van der Waals surface area contributed by atoms with Gasteiger partial charge < -0.3 is 0 Å². The SMILES string of the molecule is CCC[C](CC)C(C)(c1ccccc1)c1ccccc1. The van der Waals surface area contributed by atoms with Gasteiger partial charge in [-0.3, -0.25) is 0 Å². The second-order valence-electron chi connectivity index (χ2n) is 5.56. The van der Waals surface area contributed by atoms with Crippen LogP contribution in [0.15, 0.2) is 60.7 Å². The molecule has 0 aliphatic rings. The molecule has 2 aromatic rings. The molecule has 0 aliphatic heterocycles. The normalized spacial score (nSPS) is 11.8. The summed E-state index contributed by atoms with van der Waals surface area (Å²) in [5.41, 5.74) is 2.82. The maximum atomic E-state index is 2.38. The predicted molar refractivity (Wildman–Crippen MR) is 87.8 cm³/mol. The summed E-state index contributed by atoms with van der Waals surface area (Å²) < 4.78 is 0. The van der Waals surface area contributed by atoms with E-state index < -0.39 is 0 Å². The summed E-state index contributed by atoms with van der Waals surface area (Å²) in [5.74, 6) is 1.62. The lowest BCUT2D eigenvalue weighted by Gasteiger charge is -2.38. The van der Waals surface area contributed by atoms with Crippen LogP contribution >= 0.6 is 0 Å². The van der Waals surface area contributed by atoms with Gasteiger partial charge in [0.25, 0.3) is 0 Å². The molecule has 0 saturated heterocycles. The molecule has 0 spiro atoms. The summed E-state index contributed by atoms with van der Waals surface area (Å²) in [6.45, 7) is 6.94. The van der Waals surface area contributed by atoms with Crippen molar-refractivity contribution in [3.8, 4) is 0 Å². The first-order valence-corrected chi connectivity index (χ1v) is 7.69. The zero-order chi connectivity index (χ0) is 14.4. The van der Waals surface area contributed by atoms with Crippen molar-refractivity contribution < 1.29 is 0 Å². The smallest absolute Gasteiger partial charge is 0.0236 e. The number of rotatable bonds is 6. The molecule has 0 fully saturated rings. The summed E-state index contributed by atoms with van der Waals surface area (Å²) in [5, 5.41) is 0. The molecule has 2 aromatic carbocycles. The second kappa shape index (κ2) is 6.74. The fraction of sp³-hybridized carbons (Fsp3) is 0.350. The fourth-order valence-corrected chi connectivity index (χ4v) is 3.20. The van der Waals surface area contributed by atoms with Crippen molar-refractivity contribution in [1.82, 2.24) is 0 Å². The lowest BCUT2D eigenvalue weighted by Crippen LogP contribution is -2.31. The van der Waals surface area contributed by atoms with Gasteiger partial charge in [-0.2, -0.15) is 0 Å². The van der Waals surface area contributed by atoms with Crippen molar-refractivity contribution in [1.29, 1.82) is 0 Å². The molecule has 0 aliphatic carbocycles. The molecule has 0 bridgehead atoms. The van der Waals surface area contributed by atoms with E-state index in [1.54, 1.807) is 5.92 Å². The fourth-order valence-electron chi connectivity index (χ4n) is 3.20. The molecular weight excluding hydrogens is 240 g/mol. The number of hydrogen-bond acceptors (Lipinski definition) is 0. The van der Waals surface area contributed by atoms with Crippen LogP contribution in [0, 0.1) is 5.92 Å². The summed E-state index contributed by atoms with van der Waals surface area (Å²) in [6.07, 6.45) is 3.53. The van der Waals surface area contributed by atoms with Crippen molar-refractivity contribution in [3.05, 3.63) is 77.7 Å². The van der Waals surface area contributed by atoms with Crippen LogP contribution in [0.4, 0.5) is 0 Å². The van der Waals surface area contributed by atoms with E-state index in [0.717, 1.165) is 6.42 Å². The van der Waals surface area contributed by atoms with E-state index in [-0.39, 0.29) is 5.41 Å². The van der Waals surface area contributed by atoms with E-state index in [1.165, 1.54) is 24.0 Å². The van der Waals surface area contributed by atoms with Gasteiger partial charge in [0.15, 0.2) is 0 Å². The largest absolute Gasteiger partial charge is 0.0654 e. The Morgan fingerprint density at radius 3 is 1.60 bits per heavy atom. The Morgan fingerprint density at radius 2 is 1.25 bits per heavy atom. The average molecular weight is 265 g/mol. The molecule has 20 heavy (non-hydrogen) atoms. The molecule has 1 radical (unpaired) electrons. The Hall–Kier alpha value is -1.56. The summed E-state index contributed by atoms with van der Waals surface area (Å²) in [4.78, 5) is 0. The highest BCUT2D eigenvalue weighted by atomic mass is 14.4. The molecule has 2 rings (SSSR count). The lowest BCUT2D eigenvalue weighted by atomic mass is 9.65. The van der Waals surface area contributed by atoms with E-state index in [0.29, 0.717) is 0 Å². The van der Waals surface area contributed by atoms with Crippen LogP contribution in [0.25, 0.3) is 0 Å². The van der Waals surface area contributed by atoms with Gasteiger partial charge in [0.1, 0.15) is 0 Å². The standard InChI is InChI=1S/C20H25/c1-4-12-17(5-2)20(3,18-13-8-6-9-14-18)19-15-10-7-11-16-19/h6-11,13-16H,4-5,12H2,1-3H3. The van der Waals surface area contributed by atoms with Crippen LogP contribution in [0.1, 0.15) is 51.2 Å². The summed E-state index contributed by atoms with van der Waals surface area (Å²) in [7, 11) is 0. The van der Waals surface area contributed by atoms with E-state index >= 15 is 0 Å². The molecule has 0 heterocycles. The van der Waals surface area contributed by atoms with Gasteiger partial charge in [-0.1, -0.05) is 87.9 Å². The van der Waals surface area contributed by atoms with E-state index in [2.05, 4.69) is 81.4 Å². The zero-order valence-corrected chi connectivity index (χ0v) is 12.9. The number of benzene rings is 2. The highest BCUT2D eigenvalue weighted by Crippen LogP contribution is 2.44. The lowest BCUT2D eigenvalue weighted by molar-refractivity contribution is 0.509. The third-order valence-corrected chi connectivity index (χ3v) is 4.39. The minimum absolute atomic E-state index is 0.0211. The van der Waals surface area contributed by atoms with Crippen molar-refractivity contribution >= 4 is 0 Å². The molecule has 0 heteroatoms. The first-order chi connectivity index (χ1) is 9.73. The Labute approximate surface area is 123 Å². The first kappa shape index (κ1) is 14.8. The minimum atomic E-state index is 0.0211. The van der Waals surface area contributed by atoms with Crippen LogP contribution in [0.5, 0.6) is 0 Å². The third kappa shape index (κ3) is 2.80. The highest BCUT2D eigenvalue weighted by molar-refractivity contribution is 5.45. The van der Waals surface area contributed by atoms with Gasteiger partial charge in [0.2, 0.25) is 0 Å². The molecule has 0 nitrogen and oxygen atoms in total. The van der Waals surface area contributed by atoms with Crippen molar-refractivity contribution in [3.63, 3.8) is 0 Å². The van der Waals surface area contributed by atoms with E-state index in [4.69, 9.17) is 0 Å². The van der Waals surface area contributed by atoms with Gasteiger partial charge in [-0.15, -0.1) is 0 Å². The van der Waals surface area contributed by atoms with Crippen molar-refractivity contribution in [2.75, 3.05) is 0 Å². The Kier molecular flexibility index (Phi) is 5.00. The van der Waals surface area contributed by atoms with Crippen molar-refractivity contribution in [2.45, 2.75) is 45.4 Å². The molecule has 0 amide bonds. The molecular formula is C20H25. The molecule has 105 valence electrons. The predicted octanol–water partition coefficient (Wildman–Crippen LogP) is 5.78. The van der Waals surface area contributed by atoms with Gasteiger partial charge in [0.05, 0.1) is 0 Å². The zero-order valence-electron chi connectivity index (χ0n) is 12.9.